The molecule has 0 aliphatic carbocycles. The van der Waals surface area contributed by atoms with Crippen molar-refractivity contribution in [1.82, 2.24) is 0 Å². The van der Waals surface area contributed by atoms with E-state index in [0.29, 0.717) is 0 Å². The van der Waals surface area contributed by atoms with Gasteiger partial charge in [0.25, 0.3) is 5.91 Å². The van der Waals surface area contributed by atoms with Gasteiger partial charge in [-0.2, -0.15) is 0 Å². The number of ether oxygens (including phenoxy) is 1. The van der Waals surface area contributed by atoms with E-state index in [9.17, 15) is 4.79 Å². The Morgan fingerprint density at radius 3 is 2.53 bits per heavy atom. The third kappa shape index (κ3) is 2.75. The van der Waals surface area contributed by atoms with Gasteiger partial charge in [-0.3, -0.25) is 4.79 Å². The van der Waals surface area contributed by atoms with Crippen molar-refractivity contribution in [2.45, 2.75) is 13.8 Å². The monoisotopic (exact) mass is 203 g/mol. The number of benzene rings is 1. The van der Waals surface area contributed by atoms with E-state index in [-0.39, 0.29) is 0 Å². The number of carbonyl (C=O) groups is 1. The third-order valence-electron chi connectivity index (χ3n) is 2.06. The number of methoxy groups -OCH3 is 1. The van der Waals surface area contributed by atoms with Gasteiger partial charge in [-0.1, -0.05) is 5.92 Å². The fraction of sp³-hybridized carbons (Fsp3) is 0.250. The summed E-state index contributed by atoms with van der Waals surface area (Å²) >= 11 is 0. The van der Waals surface area contributed by atoms with Crippen molar-refractivity contribution in [3.05, 3.63) is 28.8 Å². The Hall–Kier alpha value is -1.95. The molecule has 0 atom stereocenters. The molecule has 0 heterocycles. The second-order valence-corrected chi connectivity index (χ2v) is 3.25. The van der Waals surface area contributed by atoms with Crippen LogP contribution < -0.4 is 10.5 Å². The van der Waals surface area contributed by atoms with E-state index in [1.54, 1.807) is 7.11 Å². The van der Waals surface area contributed by atoms with Crippen molar-refractivity contribution >= 4 is 5.91 Å². The van der Waals surface area contributed by atoms with Gasteiger partial charge in [0, 0.05) is 5.56 Å². The largest absolute Gasteiger partial charge is 0.496 e. The van der Waals surface area contributed by atoms with Crippen LogP contribution in [-0.4, -0.2) is 13.0 Å². The Labute approximate surface area is 89.2 Å². The highest BCUT2D eigenvalue weighted by Gasteiger charge is 2.02. The van der Waals surface area contributed by atoms with Gasteiger partial charge in [0.2, 0.25) is 0 Å². The molecule has 3 heteroatoms. The summed E-state index contributed by atoms with van der Waals surface area (Å²) in [6.07, 6.45) is 0. The van der Waals surface area contributed by atoms with E-state index in [2.05, 4.69) is 11.8 Å². The molecule has 78 valence electrons. The predicted octanol–water partition coefficient (Wildman–Crippen LogP) is 1.15. The smallest absolute Gasteiger partial charge is 0.293 e. The molecule has 1 amide bonds. The minimum absolute atomic E-state index is 0.622. The first kappa shape index (κ1) is 11.1. The van der Waals surface area contributed by atoms with Gasteiger partial charge in [-0.05, 0) is 43.0 Å². The van der Waals surface area contributed by atoms with Gasteiger partial charge in [0.05, 0.1) is 7.11 Å². The lowest BCUT2D eigenvalue weighted by atomic mass is 10.0. The van der Waals surface area contributed by atoms with E-state index < -0.39 is 5.91 Å². The number of carbonyl (C=O) groups excluding carboxylic acids is 1. The van der Waals surface area contributed by atoms with E-state index >= 15 is 0 Å². The van der Waals surface area contributed by atoms with Gasteiger partial charge in [0.15, 0.2) is 0 Å². The Morgan fingerprint density at radius 1 is 1.33 bits per heavy atom. The minimum Gasteiger partial charge on any atom is -0.496 e. The fourth-order valence-electron chi connectivity index (χ4n) is 1.27. The van der Waals surface area contributed by atoms with E-state index in [1.165, 1.54) is 0 Å². The average Bonchev–Trinajstić information content (AvgIpc) is 2.18. The number of aryl methyl sites for hydroxylation is 2. The van der Waals surface area contributed by atoms with Crippen molar-refractivity contribution in [1.29, 1.82) is 0 Å². The molecule has 0 fully saturated rings. The molecule has 0 aromatic heterocycles. The normalized spacial score (nSPS) is 9.00. The van der Waals surface area contributed by atoms with Crippen LogP contribution >= 0.6 is 0 Å². The number of primary amides is 1. The minimum atomic E-state index is -0.622. The van der Waals surface area contributed by atoms with E-state index in [0.717, 1.165) is 22.4 Å². The maximum Gasteiger partial charge on any atom is 0.293 e. The lowest BCUT2D eigenvalue weighted by Gasteiger charge is -2.07. The molecule has 0 radical (unpaired) electrons. The SMILES string of the molecule is COc1cc(C)c(C#CC(N)=O)cc1C. The Kier molecular flexibility index (Phi) is 3.35. The lowest BCUT2D eigenvalue weighted by Crippen LogP contribution is -2.06. The van der Waals surface area contributed by atoms with Gasteiger partial charge in [-0.25, -0.2) is 0 Å². The van der Waals surface area contributed by atoms with Crippen molar-refractivity contribution in [3.8, 4) is 17.6 Å². The number of hydrogen-bond acceptors (Lipinski definition) is 2. The van der Waals surface area contributed by atoms with Crippen molar-refractivity contribution in [3.63, 3.8) is 0 Å². The summed E-state index contributed by atoms with van der Waals surface area (Å²) in [5, 5.41) is 0. The summed E-state index contributed by atoms with van der Waals surface area (Å²) in [5.41, 5.74) is 7.69. The molecule has 1 aromatic rings. The van der Waals surface area contributed by atoms with Crippen LogP contribution in [0.1, 0.15) is 16.7 Å². The highest BCUT2D eigenvalue weighted by atomic mass is 16.5. The Morgan fingerprint density at radius 2 is 2.00 bits per heavy atom. The van der Waals surface area contributed by atoms with E-state index in [1.807, 2.05) is 26.0 Å². The molecule has 2 N–H and O–H groups in total. The van der Waals surface area contributed by atoms with E-state index in [4.69, 9.17) is 10.5 Å². The van der Waals surface area contributed by atoms with Gasteiger partial charge < -0.3 is 10.5 Å². The molecule has 0 bridgehead atoms. The van der Waals surface area contributed by atoms with Crippen LogP contribution in [0.5, 0.6) is 5.75 Å². The van der Waals surface area contributed by atoms with Crippen molar-refractivity contribution in [2.75, 3.05) is 7.11 Å². The summed E-state index contributed by atoms with van der Waals surface area (Å²) in [4.78, 5) is 10.5. The lowest BCUT2D eigenvalue weighted by molar-refractivity contribution is -0.112. The Balaban J connectivity index is 3.18. The fourth-order valence-corrected chi connectivity index (χ4v) is 1.27. The molecule has 3 nitrogen and oxygen atoms in total. The van der Waals surface area contributed by atoms with Gasteiger partial charge in [-0.15, -0.1) is 0 Å². The summed E-state index contributed by atoms with van der Waals surface area (Å²) in [5.74, 6) is 5.23. The van der Waals surface area contributed by atoms with Crippen molar-refractivity contribution in [2.24, 2.45) is 5.73 Å². The molecule has 0 unspecified atom stereocenters. The number of amides is 1. The van der Waals surface area contributed by atoms with Gasteiger partial charge in [0.1, 0.15) is 5.75 Å². The maximum atomic E-state index is 10.5. The molecule has 1 aromatic carbocycles. The highest BCUT2D eigenvalue weighted by molar-refractivity contribution is 5.92. The first-order valence-corrected chi connectivity index (χ1v) is 4.51. The second-order valence-electron chi connectivity index (χ2n) is 3.25. The first-order chi connectivity index (χ1) is 7.04. The molecule has 0 aliphatic heterocycles. The average molecular weight is 203 g/mol. The number of hydrogen-bond donors (Lipinski definition) is 1. The summed E-state index contributed by atoms with van der Waals surface area (Å²) in [7, 11) is 1.62. The zero-order chi connectivity index (χ0) is 11.4. The molecule has 0 aliphatic rings. The van der Waals surface area contributed by atoms with Crippen LogP contribution in [0.4, 0.5) is 0 Å². The highest BCUT2D eigenvalue weighted by Crippen LogP contribution is 2.21. The van der Waals surface area contributed by atoms with Crippen LogP contribution in [-0.2, 0) is 4.79 Å². The first-order valence-electron chi connectivity index (χ1n) is 4.51. The molecule has 15 heavy (non-hydrogen) atoms. The molecular weight excluding hydrogens is 190 g/mol. The third-order valence-corrected chi connectivity index (χ3v) is 2.06. The van der Waals surface area contributed by atoms with Gasteiger partial charge >= 0.3 is 0 Å². The Bertz CT molecular complexity index is 453. The zero-order valence-electron chi connectivity index (χ0n) is 9.05. The van der Waals surface area contributed by atoms with Crippen LogP contribution in [0.15, 0.2) is 12.1 Å². The summed E-state index contributed by atoms with van der Waals surface area (Å²) in [6, 6.07) is 3.77. The molecular formula is C12H13NO2. The molecule has 0 spiro atoms. The summed E-state index contributed by atoms with van der Waals surface area (Å²) in [6.45, 7) is 3.83. The predicted molar refractivity (Wildman–Crippen MR) is 58.5 cm³/mol. The summed E-state index contributed by atoms with van der Waals surface area (Å²) < 4.78 is 5.17. The zero-order valence-corrected chi connectivity index (χ0v) is 9.05. The van der Waals surface area contributed by atoms with Crippen LogP contribution in [0.25, 0.3) is 0 Å². The molecule has 0 saturated carbocycles. The second kappa shape index (κ2) is 4.52. The van der Waals surface area contributed by atoms with Crippen LogP contribution in [0, 0.1) is 25.7 Å². The quantitative estimate of drug-likeness (QED) is 0.696. The molecule has 1 rings (SSSR count). The maximum absolute atomic E-state index is 10.5. The van der Waals surface area contributed by atoms with Crippen LogP contribution in [0.2, 0.25) is 0 Å². The standard InChI is InChI=1S/C12H13NO2/c1-8-7-11(15-3)9(2)6-10(8)4-5-12(13)14/h6-7H,1-3H3,(H2,13,14). The number of rotatable bonds is 1. The van der Waals surface area contributed by atoms with Crippen LogP contribution in [0.3, 0.4) is 0 Å². The number of nitrogens with two attached hydrogens (primary N) is 1. The topological polar surface area (TPSA) is 52.3 Å². The molecule has 0 saturated heterocycles. The van der Waals surface area contributed by atoms with Crippen molar-refractivity contribution < 1.29 is 9.53 Å².